The number of hydrogen-bond donors (Lipinski definition) is 3. The van der Waals surface area contributed by atoms with Crippen molar-refractivity contribution in [2.24, 2.45) is 0 Å². The highest BCUT2D eigenvalue weighted by molar-refractivity contribution is 5.82. The zero-order chi connectivity index (χ0) is 20.1. The maximum atomic E-state index is 9.97. The molecule has 29 heavy (non-hydrogen) atoms. The number of aromatic nitrogens is 4. The third-order valence-electron chi connectivity index (χ3n) is 6.20. The van der Waals surface area contributed by atoms with E-state index in [4.69, 9.17) is 4.74 Å². The van der Waals surface area contributed by atoms with Gasteiger partial charge in [0.1, 0.15) is 11.9 Å². The Balaban J connectivity index is 1.38. The van der Waals surface area contributed by atoms with E-state index < -0.39 is 0 Å². The molecule has 150 valence electrons. The predicted octanol–water partition coefficient (Wildman–Crippen LogP) is 3.68. The molecule has 0 saturated carbocycles. The number of hydrogen-bond acceptors (Lipinski definition) is 6. The Bertz CT molecular complexity index is 1000. The summed E-state index contributed by atoms with van der Waals surface area (Å²) in [6.45, 7) is 4.56. The predicted molar refractivity (Wildman–Crippen MR) is 110 cm³/mol. The molecule has 2 bridgehead atoms. The van der Waals surface area contributed by atoms with E-state index in [1.54, 1.807) is 18.3 Å². The summed E-state index contributed by atoms with van der Waals surface area (Å²) in [5, 5.41) is 29.3. The molecule has 0 radical (unpaired) electrons. The first-order valence-electron chi connectivity index (χ1n) is 10.0. The number of piperidine rings is 1. The van der Waals surface area contributed by atoms with Gasteiger partial charge in [0.25, 0.3) is 0 Å². The molecule has 2 fully saturated rings. The van der Waals surface area contributed by atoms with Crippen molar-refractivity contribution in [1.82, 2.24) is 25.7 Å². The van der Waals surface area contributed by atoms with Crippen LogP contribution in [-0.2, 0) is 0 Å². The van der Waals surface area contributed by atoms with Crippen LogP contribution in [0, 0.1) is 0 Å². The summed E-state index contributed by atoms with van der Waals surface area (Å²) >= 11 is 0. The molecule has 5 rings (SSSR count). The summed E-state index contributed by atoms with van der Waals surface area (Å²) in [6.07, 6.45) is 8.01. The molecule has 3 atom stereocenters. The van der Waals surface area contributed by atoms with Gasteiger partial charge in [-0.1, -0.05) is 0 Å². The first kappa shape index (κ1) is 18.1. The maximum absolute atomic E-state index is 9.97. The molecule has 7 heteroatoms. The minimum Gasteiger partial charge on any atom is -0.508 e. The average molecular weight is 391 g/mol. The number of fused-ring (bicyclic) bond motifs is 2. The Hall–Kier alpha value is -2.93. The van der Waals surface area contributed by atoms with Crippen molar-refractivity contribution in [3.63, 3.8) is 0 Å². The van der Waals surface area contributed by atoms with E-state index in [0.717, 1.165) is 29.5 Å². The Morgan fingerprint density at radius 2 is 1.83 bits per heavy atom. The molecule has 3 aromatic rings. The minimum absolute atomic E-state index is 0.135. The first-order valence-corrected chi connectivity index (χ1v) is 10.0. The SMILES string of the molecule is C[C@]12CC[C@](C)(CC(Oc3ccc(-c4cc(O)ccc4-c4cn[nH]c4)nn3)C1)N2. The minimum atomic E-state index is 0.135. The maximum Gasteiger partial charge on any atom is 0.233 e. The van der Waals surface area contributed by atoms with Crippen molar-refractivity contribution in [2.45, 2.75) is 56.7 Å². The summed E-state index contributed by atoms with van der Waals surface area (Å²) in [7, 11) is 0. The second-order valence-corrected chi connectivity index (χ2v) is 8.87. The van der Waals surface area contributed by atoms with Gasteiger partial charge in [-0.05, 0) is 56.5 Å². The van der Waals surface area contributed by atoms with Crippen molar-refractivity contribution in [2.75, 3.05) is 0 Å². The van der Waals surface area contributed by atoms with Gasteiger partial charge in [-0.25, -0.2) is 0 Å². The van der Waals surface area contributed by atoms with Gasteiger partial charge in [0.05, 0.1) is 11.9 Å². The average Bonchev–Trinajstić information content (AvgIpc) is 3.28. The lowest BCUT2D eigenvalue weighted by molar-refractivity contribution is 0.0754. The number of ether oxygens (including phenoxy) is 1. The second-order valence-electron chi connectivity index (χ2n) is 8.87. The van der Waals surface area contributed by atoms with Gasteiger partial charge in [0.15, 0.2) is 0 Å². The van der Waals surface area contributed by atoms with E-state index in [1.165, 1.54) is 12.8 Å². The van der Waals surface area contributed by atoms with E-state index in [-0.39, 0.29) is 22.9 Å². The number of phenolic OH excluding ortho intramolecular Hbond substituents is 1. The van der Waals surface area contributed by atoms with Crippen molar-refractivity contribution < 1.29 is 9.84 Å². The summed E-state index contributed by atoms with van der Waals surface area (Å²) in [5.74, 6) is 0.721. The van der Waals surface area contributed by atoms with Crippen LogP contribution >= 0.6 is 0 Å². The van der Waals surface area contributed by atoms with Gasteiger partial charge < -0.3 is 15.2 Å². The quantitative estimate of drug-likeness (QED) is 0.628. The Morgan fingerprint density at radius 1 is 1.03 bits per heavy atom. The van der Waals surface area contributed by atoms with Crippen LogP contribution in [0.25, 0.3) is 22.4 Å². The molecule has 0 amide bonds. The molecular weight excluding hydrogens is 366 g/mol. The lowest BCUT2D eigenvalue weighted by Crippen LogP contribution is -2.56. The number of nitrogens with one attached hydrogen (secondary N) is 2. The fourth-order valence-electron chi connectivity index (χ4n) is 4.96. The van der Waals surface area contributed by atoms with Crippen LogP contribution in [0.5, 0.6) is 11.6 Å². The number of H-pyrrole nitrogens is 1. The normalized spacial score (nSPS) is 28.4. The van der Waals surface area contributed by atoms with Gasteiger partial charge in [0, 0.05) is 47.3 Å². The van der Waals surface area contributed by atoms with Crippen molar-refractivity contribution in [1.29, 1.82) is 0 Å². The molecule has 7 nitrogen and oxygen atoms in total. The molecular formula is C22H25N5O2. The van der Waals surface area contributed by atoms with Crippen molar-refractivity contribution in [3.05, 3.63) is 42.7 Å². The molecule has 2 aliphatic heterocycles. The Morgan fingerprint density at radius 3 is 2.48 bits per heavy atom. The van der Waals surface area contributed by atoms with Gasteiger partial charge in [-0.3, -0.25) is 5.10 Å². The van der Waals surface area contributed by atoms with Gasteiger partial charge in [-0.2, -0.15) is 5.10 Å². The van der Waals surface area contributed by atoms with Crippen LogP contribution in [0.1, 0.15) is 39.5 Å². The van der Waals surface area contributed by atoms with E-state index in [1.807, 2.05) is 24.4 Å². The van der Waals surface area contributed by atoms with Gasteiger partial charge in [-0.15, -0.1) is 10.2 Å². The van der Waals surface area contributed by atoms with E-state index >= 15 is 0 Å². The molecule has 4 heterocycles. The summed E-state index contributed by atoms with van der Waals surface area (Å²) < 4.78 is 6.21. The Kier molecular flexibility index (Phi) is 4.10. The smallest absolute Gasteiger partial charge is 0.233 e. The lowest BCUT2D eigenvalue weighted by atomic mass is 9.86. The number of phenols is 1. The standard InChI is InChI=1S/C22H25N5O2/c1-21-7-8-22(2,27-21)11-16(10-21)29-20-6-5-19(25-26-20)18-9-15(28)3-4-17(18)14-12-23-24-13-14/h3-6,9,12-13,16,27-28H,7-8,10-11H2,1-2H3,(H,23,24)/t16?,21-,22+. The second kappa shape index (κ2) is 6.56. The van der Waals surface area contributed by atoms with Crippen LogP contribution in [0.4, 0.5) is 0 Å². The molecule has 1 aromatic carbocycles. The topological polar surface area (TPSA) is 96.0 Å². The number of aromatic amines is 1. The fraction of sp³-hybridized carbons (Fsp3) is 0.409. The molecule has 2 aromatic heterocycles. The van der Waals surface area contributed by atoms with Crippen LogP contribution in [0.15, 0.2) is 42.7 Å². The highest BCUT2D eigenvalue weighted by atomic mass is 16.5. The molecule has 0 spiro atoms. The summed E-state index contributed by atoms with van der Waals surface area (Å²) in [5.41, 5.74) is 3.61. The van der Waals surface area contributed by atoms with E-state index in [2.05, 4.69) is 39.6 Å². The third-order valence-corrected chi connectivity index (χ3v) is 6.20. The zero-order valence-electron chi connectivity index (χ0n) is 16.6. The lowest BCUT2D eigenvalue weighted by Gasteiger charge is -2.41. The van der Waals surface area contributed by atoms with Crippen molar-refractivity contribution >= 4 is 0 Å². The Labute approximate surface area is 169 Å². The monoisotopic (exact) mass is 391 g/mol. The van der Waals surface area contributed by atoms with Gasteiger partial charge >= 0.3 is 0 Å². The largest absolute Gasteiger partial charge is 0.508 e. The van der Waals surface area contributed by atoms with Crippen molar-refractivity contribution in [3.8, 4) is 34.0 Å². The van der Waals surface area contributed by atoms with E-state index in [9.17, 15) is 5.11 Å². The van der Waals surface area contributed by atoms with Crippen LogP contribution in [-0.4, -0.2) is 42.7 Å². The third kappa shape index (κ3) is 3.46. The van der Waals surface area contributed by atoms with Crippen LogP contribution in [0.3, 0.4) is 0 Å². The molecule has 2 saturated heterocycles. The highest BCUT2D eigenvalue weighted by Gasteiger charge is 2.49. The number of benzene rings is 1. The summed E-state index contributed by atoms with van der Waals surface area (Å²) in [6, 6.07) is 8.95. The fourth-order valence-corrected chi connectivity index (χ4v) is 4.96. The molecule has 2 aliphatic rings. The molecule has 0 aliphatic carbocycles. The zero-order valence-corrected chi connectivity index (χ0v) is 16.6. The van der Waals surface area contributed by atoms with Crippen LogP contribution < -0.4 is 10.1 Å². The van der Waals surface area contributed by atoms with E-state index in [0.29, 0.717) is 11.6 Å². The molecule has 3 N–H and O–H groups in total. The molecule has 1 unspecified atom stereocenters. The first-order chi connectivity index (χ1) is 13.9. The number of aromatic hydroxyl groups is 1. The van der Waals surface area contributed by atoms with Crippen LogP contribution in [0.2, 0.25) is 0 Å². The number of nitrogens with zero attached hydrogens (tertiary/aromatic N) is 3. The highest BCUT2D eigenvalue weighted by Crippen LogP contribution is 2.43. The van der Waals surface area contributed by atoms with Gasteiger partial charge in [0.2, 0.25) is 5.88 Å². The summed E-state index contributed by atoms with van der Waals surface area (Å²) in [4.78, 5) is 0. The number of rotatable bonds is 4.